The van der Waals surface area contributed by atoms with Crippen LogP contribution < -0.4 is 20.5 Å². The van der Waals surface area contributed by atoms with Crippen LogP contribution in [0.4, 0.5) is 11.8 Å². The molecular weight excluding hydrogens is 280 g/mol. The lowest BCUT2D eigenvalue weighted by atomic mass is 10.2. The fourth-order valence-corrected chi connectivity index (χ4v) is 2.10. The Morgan fingerprint density at radius 3 is 2.90 bits per heavy atom. The number of fused-ring (bicyclic) bond motifs is 1. The van der Waals surface area contributed by atoms with Crippen molar-refractivity contribution in [2.75, 3.05) is 24.2 Å². The summed E-state index contributed by atoms with van der Waals surface area (Å²) < 4.78 is 11.4. The topological polar surface area (TPSA) is 82.3 Å². The molecule has 0 aliphatic carbocycles. The number of nitrogens with one attached hydrogen (secondary N) is 1. The van der Waals surface area contributed by atoms with E-state index < -0.39 is 0 Å². The summed E-state index contributed by atoms with van der Waals surface area (Å²) in [5.41, 5.74) is 5.53. The molecule has 20 heavy (non-hydrogen) atoms. The maximum absolute atomic E-state index is 5.82. The molecule has 6 nitrogen and oxygen atoms in total. The third kappa shape index (κ3) is 2.85. The smallest absolute Gasteiger partial charge is 0.223 e. The van der Waals surface area contributed by atoms with Crippen LogP contribution in [0.2, 0.25) is 5.15 Å². The van der Waals surface area contributed by atoms with E-state index in [1.165, 1.54) is 0 Å². The predicted molar refractivity (Wildman–Crippen MR) is 76.3 cm³/mol. The van der Waals surface area contributed by atoms with Gasteiger partial charge in [0.15, 0.2) is 11.5 Å². The monoisotopic (exact) mass is 292 g/mol. The number of hydrogen-bond donors (Lipinski definition) is 2. The van der Waals surface area contributed by atoms with Crippen LogP contribution in [0.25, 0.3) is 0 Å². The molecule has 7 heteroatoms. The Bertz CT molecular complexity index is 603. The SMILES string of the molecule is Nc1nc(Cl)cc(NCC2COc3ccccc3O2)n1. The minimum Gasteiger partial charge on any atom is -0.486 e. The van der Waals surface area contributed by atoms with Crippen molar-refractivity contribution in [2.45, 2.75) is 6.10 Å². The van der Waals surface area contributed by atoms with Gasteiger partial charge in [0.05, 0.1) is 6.54 Å². The molecule has 0 saturated carbocycles. The lowest BCUT2D eigenvalue weighted by Gasteiger charge is -2.26. The highest BCUT2D eigenvalue weighted by molar-refractivity contribution is 6.29. The van der Waals surface area contributed by atoms with Gasteiger partial charge >= 0.3 is 0 Å². The second-order valence-electron chi connectivity index (χ2n) is 4.31. The summed E-state index contributed by atoms with van der Waals surface area (Å²) in [5, 5.41) is 3.40. The van der Waals surface area contributed by atoms with Crippen molar-refractivity contribution < 1.29 is 9.47 Å². The van der Waals surface area contributed by atoms with E-state index in [9.17, 15) is 0 Å². The molecule has 1 atom stereocenters. The van der Waals surface area contributed by atoms with Crippen molar-refractivity contribution in [2.24, 2.45) is 0 Å². The van der Waals surface area contributed by atoms with Crippen LogP contribution in [0.1, 0.15) is 0 Å². The maximum Gasteiger partial charge on any atom is 0.223 e. The molecule has 0 spiro atoms. The number of nitrogens with two attached hydrogens (primary N) is 1. The van der Waals surface area contributed by atoms with E-state index in [2.05, 4.69) is 15.3 Å². The number of nitrogens with zero attached hydrogens (tertiary/aromatic N) is 2. The average Bonchev–Trinajstić information content (AvgIpc) is 2.44. The van der Waals surface area contributed by atoms with Gasteiger partial charge in [-0.05, 0) is 12.1 Å². The Kier molecular flexibility index (Phi) is 3.47. The van der Waals surface area contributed by atoms with Crippen LogP contribution in [0.15, 0.2) is 30.3 Å². The molecule has 1 aromatic heterocycles. The van der Waals surface area contributed by atoms with E-state index >= 15 is 0 Å². The van der Waals surface area contributed by atoms with Crippen molar-refractivity contribution in [3.05, 3.63) is 35.5 Å². The van der Waals surface area contributed by atoms with E-state index in [0.29, 0.717) is 24.1 Å². The molecule has 3 N–H and O–H groups in total. The fraction of sp³-hybridized carbons (Fsp3) is 0.231. The number of aromatic nitrogens is 2. The largest absolute Gasteiger partial charge is 0.486 e. The molecule has 2 aromatic rings. The number of nitrogen functional groups attached to an aromatic ring is 1. The quantitative estimate of drug-likeness (QED) is 0.842. The molecule has 1 unspecified atom stereocenters. The first-order valence-corrected chi connectivity index (χ1v) is 6.51. The van der Waals surface area contributed by atoms with Gasteiger partial charge in [-0.1, -0.05) is 23.7 Å². The summed E-state index contributed by atoms with van der Waals surface area (Å²) in [6.45, 7) is 0.999. The molecule has 3 rings (SSSR count). The third-order valence-electron chi connectivity index (χ3n) is 2.79. The molecule has 1 aliphatic heterocycles. The van der Waals surface area contributed by atoms with E-state index in [1.54, 1.807) is 6.07 Å². The van der Waals surface area contributed by atoms with Gasteiger partial charge in [-0.15, -0.1) is 0 Å². The second kappa shape index (κ2) is 5.42. The lowest BCUT2D eigenvalue weighted by molar-refractivity contribution is 0.0997. The van der Waals surface area contributed by atoms with Crippen LogP contribution in [0, 0.1) is 0 Å². The van der Waals surface area contributed by atoms with Gasteiger partial charge in [-0.3, -0.25) is 0 Å². The highest BCUT2D eigenvalue weighted by Crippen LogP contribution is 2.30. The first kappa shape index (κ1) is 12.8. The third-order valence-corrected chi connectivity index (χ3v) is 2.98. The van der Waals surface area contributed by atoms with Gasteiger partial charge in [-0.2, -0.15) is 4.98 Å². The molecule has 0 amide bonds. The van der Waals surface area contributed by atoms with E-state index in [-0.39, 0.29) is 12.1 Å². The van der Waals surface area contributed by atoms with Crippen molar-refractivity contribution in [3.63, 3.8) is 0 Å². The molecule has 1 aromatic carbocycles. The summed E-state index contributed by atoms with van der Waals surface area (Å²) >= 11 is 5.81. The van der Waals surface area contributed by atoms with Crippen molar-refractivity contribution in [1.82, 2.24) is 9.97 Å². The molecule has 104 valence electrons. The van der Waals surface area contributed by atoms with Gasteiger partial charge in [0.25, 0.3) is 0 Å². The van der Waals surface area contributed by atoms with Gasteiger partial charge in [0, 0.05) is 6.07 Å². The first-order valence-electron chi connectivity index (χ1n) is 6.13. The van der Waals surface area contributed by atoms with Crippen LogP contribution in [0.3, 0.4) is 0 Å². The summed E-state index contributed by atoms with van der Waals surface area (Å²) in [4.78, 5) is 7.83. The number of anilines is 2. The van der Waals surface area contributed by atoms with E-state index in [0.717, 1.165) is 11.5 Å². The first-order chi connectivity index (χ1) is 9.70. The Morgan fingerprint density at radius 1 is 1.30 bits per heavy atom. The van der Waals surface area contributed by atoms with E-state index in [1.807, 2.05) is 24.3 Å². The molecule has 0 radical (unpaired) electrons. The Morgan fingerprint density at radius 2 is 2.10 bits per heavy atom. The van der Waals surface area contributed by atoms with Crippen LogP contribution in [-0.2, 0) is 0 Å². The fourth-order valence-electron chi connectivity index (χ4n) is 1.91. The van der Waals surface area contributed by atoms with Crippen molar-refractivity contribution in [1.29, 1.82) is 0 Å². The zero-order chi connectivity index (χ0) is 13.9. The maximum atomic E-state index is 5.82. The number of hydrogen-bond acceptors (Lipinski definition) is 6. The minimum atomic E-state index is -0.111. The average molecular weight is 293 g/mol. The van der Waals surface area contributed by atoms with Crippen LogP contribution in [-0.4, -0.2) is 29.2 Å². The van der Waals surface area contributed by atoms with Gasteiger partial charge in [0.2, 0.25) is 5.95 Å². The number of rotatable bonds is 3. The Labute approximate surface area is 120 Å². The van der Waals surface area contributed by atoms with Gasteiger partial charge in [-0.25, -0.2) is 4.98 Å². The number of para-hydroxylation sites is 2. The lowest BCUT2D eigenvalue weighted by Crippen LogP contribution is -2.35. The van der Waals surface area contributed by atoms with Crippen LogP contribution in [0.5, 0.6) is 11.5 Å². The highest BCUT2D eigenvalue weighted by Gasteiger charge is 2.20. The molecule has 1 aliphatic rings. The summed E-state index contributed by atoms with van der Waals surface area (Å²) in [5.74, 6) is 2.19. The molecule has 2 heterocycles. The zero-order valence-electron chi connectivity index (χ0n) is 10.5. The predicted octanol–water partition coefficient (Wildman–Crippen LogP) is 1.96. The van der Waals surface area contributed by atoms with Crippen LogP contribution >= 0.6 is 11.6 Å². The Balaban J connectivity index is 1.62. The number of benzene rings is 1. The normalized spacial score (nSPS) is 16.8. The highest BCUT2D eigenvalue weighted by atomic mass is 35.5. The summed E-state index contributed by atoms with van der Waals surface area (Å²) in [6.07, 6.45) is -0.111. The number of ether oxygens (including phenoxy) is 2. The zero-order valence-corrected chi connectivity index (χ0v) is 11.3. The summed E-state index contributed by atoms with van der Waals surface area (Å²) in [7, 11) is 0. The molecular formula is C13H13ClN4O2. The van der Waals surface area contributed by atoms with Crippen molar-refractivity contribution in [3.8, 4) is 11.5 Å². The van der Waals surface area contributed by atoms with Gasteiger partial charge in [0.1, 0.15) is 23.7 Å². The van der Waals surface area contributed by atoms with Crippen molar-refractivity contribution >= 4 is 23.4 Å². The molecule has 0 saturated heterocycles. The van der Waals surface area contributed by atoms with Gasteiger partial charge < -0.3 is 20.5 Å². The molecule has 0 bridgehead atoms. The number of halogens is 1. The van der Waals surface area contributed by atoms with E-state index in [4.69, 9.17) is 26.8 Å². The molecule has 0 fully saturated rings. The standard InChI is InChI=1S/C13H13ClN4O2/c14-11-5-12(18-13(15)17-11)16-6-8-7-19-9-3-1-2-4-10(9)20-8/h1-5,8H,6-7H2,(H3,15,16,17,18). The summed E-state index contributed by atoms with van der Waals surface area (Å²) in [6, 6.07) is 9.18. The minimum absolute atomic E-state index is 0.111. The second-order valence-corrected chi connectivity index (χ2v) is 4.70. The Hall–Kier alpha value is -2.21.